The Labute approximate surface area is 183 Å². The van der Waals surface area contributed by atoms with E-state index in [1.165, 1.54) is 26.4 Å². The van der Waals surface area contributed by atoms with E-state index in [9.17, 15) is 26.4 Å². The summed E-state index contributed by atoms with van der Waals surface area (Å²) in [5.74, 6) is -2.81. The molecule has 32 heavy (non-hydrogen) atoms. The van der Waals surface area contributed by atoms with Crippen molar-refractivity contribution in [1.82, 2.24) is 9.44 Å². The molecule has 0 fully saturated rings. The third kappa shape index (κ3) is 5.73. The van der Waals surface area contributed by atoms with Crippen LogP contribution in [-0.2, 0) is 20.0 Å². The van der Waals surface area contributed by atoms with Crippen LogP contribution in [0.25, 0.3) is 0 Å². The van der Waals surface area contributed by atoms with Crippen molar-refractivity contribution in [2.75, 3.05) is 27.3 Å². The van der Waals surface area contributed by atoms with Gasteiger partial charge in [0.15, 0.2) is 0 Å². The van der Waals surface area contributed by atoms with Crippen molar-refractivity contribution in [2.24, 2.45) is 0 Å². The van der Waals surface area contributed by atoms with E-state index >= 15 is 0 Å². The van der Waals surface area contributed by atoms with E-state index in [-0.39, 0.29) is 45.5 Å². The van der Waals surface area contributed by atoms with E-state index < -0.39 is 32.0 Å². The predicted octanol–water partition coefficient (Wildman–Crippen LogP) is 0.357. The van der Waals surface area contributed by atoms with Crippen LogP contribution in [0.2, 0.25) is 0 Å². The molecule has 0 bridgehead atoms. The zero-order valence-corrected chi connectivity index (χ0v) is 18.5. The van der Waals surface area contributed by atoms with Gasteiger partial charge in [0.2, 0.25) is 20.0 Å². The second-order valence-electron chi connectivity index (χ2n) is 6.13. The van der Waals surface area contributed by atoms with Crippen molar-refractivity contribution in [2.45, 2.75) is 9.79 Å². The van der Waals surface area contributed by atoms with Crippen LogP contribution in [0.4, 0.5) is 0 Å². The topological polar surface area (TPSA) is 185 Å². The van der Waals surface area contributed by atoms with Gasteiger partial charge in [-0.2, -0.15) is 0 Å². The van der Waals surface area contributed by atoms with Crippen LogP contribution < -0.4 is 18.9 Å². The van der Waals surface area contributed by atoms with E-state index in [1.54, 1.807) is 0 Å². The van der Waals surface area contributed by atoms with Crippen LogP contribution >= 0.6 is 0 Å². The summed E-state index contributed by atoms with van der Waals surface area (Å²) in [7, 11) is -5.82. The van der Waals surface area contributed by atoms with Gasteiger partial charge in [0.25, 0.3) is 0 Å². The van der Waals surface area contributed by atoms with Crippen LogP contribution in [0.3, 0.4) is 0 Å². The largest absolute Gasteiger partial charge is 0.496 e. The number of hydrogen-bond acceptors (Lipinski definition) is 8. The number of methoxy groups -OCH3 is 2. The minimum absolute atomic E-state index is 0.0237. The maximum Gasteiger partial charge on any atom is 0.339 e. The minimum atomic E-state index is -4.15. The van der Waals surface area contributed by atoms with Crippen molar-refractivity contribution in [1.29, 1.82) is 0 Å². The van der Waals surface area contributed by atoms with Crippen LogP contribution in [0.1, 0.15) is 20.7 Å². The van der Waals surface area contributed by atoms with Crippen molar-refractivity contribution in [3.8, 4) is 11.5 Å². The lowest BCUT2D eigenvalue weighted by Gasteiger charge is -2.11. The smallest absolute Gasteiger partial charge is 0.339 e. The second-order valence-corrected chi connectivity index (χ2v) is 9.66. The first-order valence-electron chi connectivity index (χ1n) is 8.75. The SMILES string of the molecule is COc1ccc(S(=O)(=O)NCCNS(=O)(=O)c2ccc(OC)c(C(=O)O)c2)cc1C(=O)O. The molecule has 0 aliphatic heterocycles. The standard InChI is InChI=1S/C18H20N2O10S2/c1-29-15-5-3-11(9-13(15)17(21)22)31(25,26)19-7-8-20-32(27,28)12-4-6-16(30-2)14(10-12)18(23)24/h3-6,9-10,19-20H,7-8H2,1-2H3,(H,21,22)(H,23,24). The number of carbonyl (C=O) groups is 2. The first-order valence-corrected chi connectivity index (χ1v) is 11.7. The van der Waals surface area contributed by atoms with Gasteiger partial charge < -0.3 is 19.7 Å². The minimum Gasteiger partial charge on any atom is -0.496 e. The second kappa shape index (κ2) is 9.95. The van der Waals surface area contributed by atoms with Gasteiger partial charge in [0.1, 0.15) is 22.6 Å². The Morgan fingerprint density at radius 1 is 0.750 bits per heavy atom. The summed E-state index contributed by atoms with van der Waals surface area (Å²) < 4.78 is 63.6. The summed E-state index contributed by atoms with van der Waals surface area (Å²) in [6.45, 7) is -0.726. The number of carboxylic acids is 2. The molecule has 0 radical (unpaired) electrons. The van der Waals surface area contributed by atoms with Gasteiger partial charge in [-0.15, -0.1) is 0 Å². The molecule has 14 heteroatoms. The molecule has 0 heterocycles. The highest BCUT2D eigenvalue weighted by Gasteiger charge is 2.21. The van der Waals surface area contributed by atoms with Gasteiger partial charge in [-0.05, 0) is 36.4 Å². The van der Waals surface area contributed by atoms with Gasteiger partial charge in [0.05, 0.1) is 24.0 Å². The van der Waals surface area contributed by atoms with Gasteiger partial charge in [-0.1, -0.05) is 0 Å². The molecule has 0 aliphatic rings. The summed E-state index contributed by atoms with van der Waals surface area (Å²) in [5, 5.41) is 18.3. The number of carboxylic acid groups (broad SMARTS) is 2. The van der Waals surface area contributed by atoms with Gasteiger partial charge in [-0.3, -0.25) is 0 Å². The molecule has 0 saturated carbocycles. The molecule has 0 atom stereocenters. The van der Waals surface area contributed by atoms with Crippen molar-refractivity contribution in [3.05, 3.63) is 47.5 Å². The van der Waals surface area contributed by atoms with Crippen LogP contribution in [0.5, 0.6) is 11.5 Å². The summed E-state index contributed by atoms with van der Waals surface area (Å²) in [6.07, 6.45) is 0. The first-order chi connectivity index (χ1) is 14.9. The first kappa shape index (κ1) is 25.1. The number of benzene rings is 2. The van der Waals surface area contributed by atoms with E-state index in [1.807, 2.05) is 0 Å². The Morgan fingerprint density at radius 2 is 1.09 bits per heavy atom. The molecule has 2 aromatic rings. The van der Waals surface area contributed by atoms with Crippen molar-refractivity contribution >= 4 is 32.0 Å². The summed E-state index contributed by atoms with van der Waals surface area (Å²) in [6, 6.07) is 6.48. The fraction of sp³-hybridized carbons (Fsp3) is 0.222. The fourth-order valence-corrected chi connectivity index (χ4v) is 4.70. The Balaban J connectivity index is 2.09. The third-order valence-corrected chi connectivity index (χ3v) is 7.05. The lowest BCUT2D eigenvalue weighted by molar-refractivity contribution is 0.0682. The van der Waals surface area contributed by atoms with E-state index in [4.69, 9.17) is 19.7 Å². The molecule has 0 aromatic heterocycles. The van der Waals surface area contributed by atoms with Crippen LogP contribution in [0, 0.1) is 0 Å². The van der Waals surface area contributed by atoms with Gasteiger partial charge in [-0.25, -0.2) is 35.9 Å². The number of aromatic carboxylic acids is 2. The average molecular weight is 488 g/mol. The molecule has 4 N–H and O–H groups in total. The molecule has 174 valence electrons. The third-order valence-electron chi connectivity index (χ3n) is 4.13. The van der Waals surface area contributed by atoms with Crippen molar-refractivity contribution < 1.29 is 46.1 Å². The lowest BCUT2D eigenvalue weighted by Crippen LogP contribution is -2.34. The maximum absolute atomic E-state index is 12.4. The highest BCUT2D eigenvalue weighted by Crippen LogP contribution is 2.23. The van der Waals surface area contributed by atoms with E-state index in [2.05, 4.69) is 9.44 Å². The lowest BCUT2D eigenvalue weighted by atomic mass is 10.2. The number of hydrogen-bond donors (Lipinski definition) is 4. The molecule has 0 spiro atoms. The molecule has 0 saturated heterocycles. The summed E-state index contributed by atoms with van der Waals surface area (Å²) in [4.78, 5) is 21.8. The van der Waals surface area contributed by atoms with E-state index in [0.717, 1.165) is 24.3 Å². The summed E-state index contributed by atoms with van der Waals surface area (Å²) >= 11 is 0. The number of nitrogens with one attached hydrogen (secondary N) is 2. The highest BCUT2D eigenvalue weighted by atomic mass is 32.2. The fourth-order valence-electron chi connectivity index (χ4n) is 2.58. The molecule has 0 amide bonds. The van der Waals surface area contributed by atoms with Crippen molar-refractivity contribution in [3.63, 3.8) is 0 Å². The van der Waals surface area contributed by atoms with Crippen LogP contribution in [0.15, 0.2) is 46.2 Å². The predicted molar refractivity (Wildman–Crippen MR) is 110 cm³/mol. The Kier molecular flexibility index (Phi) is 7.79. The monoisotopic (exact) mass is 488 g/mol. The van der Waals surface area contributed by atoms with Gasteiger partial charge in [0, 0.05) is 13.1 Å². The molecule has 2 rings (SSSR count). The molecular formula is C18H20N2O10S2. The van der Waals surface area contributed by atoms with Crippen LogP contribution in [-0.4, -0.2) is 66.3 Å². The number of rotatable bonds is 11. The molecule has 0 aliphatic carbocycles. The number of sulfonamides is 2. The Morgan fingerprint density at radius 3 is 1.38 bits per heavy atom. The average Bonchev–Trinajstić information content (AvgIpc) is 2.75. The summed E-state index contributed by atoms with van der Waals surface area (Å²) in [5.41, 5.74) is -0.713. The Bertz CT molecular complexity index is 1140. The van der Waals surface area contributed by atoms with E-state index in [0.29, 0.717) is 0 Å². The van der Waals surface area contributed by atoms with Gasteiger partial charge >= 0.3 is 11.9 Å². The highest BCUT2D eigenvalue weighted by molar-refractivity contribution is 7.90. The quantitative estimate of drug-likeness (QED) is 0.322. The molecule has 0 unspecified atom stereocenters. The normalized spacial score (nSPS) is 11.7. The zero-order valence-electron chi connectivity index (χ0n) is 16.9. The maximum atomic E-state index is 12.4. The molecular weight excluding hydrogens is 468 g/mol. The molecule has 2 aromatic carbocycles. The Hall–Kier alpha value is -3.20. The number of ether oxygens (including phenoxy) is 2. The molecule has 12 nitrogen and oxygen atoms in total. The zero-order chi connectivity index (χ0) is 24.1.